The third-order valence-electron chi connectivity index (χ3n) is 4.46. The van der Waals surface area contributed by atoms with Gasteiger partial charge in [0.1, 0.15) is 6.61 Å². The molecule has 2 aromatic rings. The smallest absolute Gasteiger partial charge is 0.175 e. The van der Waals surface area contributed by atoms with E-state index in [4.69, 9.17) is 32.7 Å². The van der Waals surface area contributed by atoms with E-state index in [0.717, 1.165) is 28.7 Å². The lowest BCUT2D eigenvalue weighted by atomic mass is 10.1. The summed E-state index contributed by atoms with van der Waals surface area (Å²) in [6, 6.07) is 9.45. The van der Waals surface area contributed by atoms with Gasteiger partial charge in [-0.25, -0.2) is 0 Å². The van der Waals surface area contributed by atoms with Crippen molar-refractivity contribution in [2.24, 2.45) is 0 Å². The van der Waals surface area contributed by atoms with E-state index in [1.165, 1.54) is 32.1 Å². The molecule has 1 N–H and O–H groups in total. The number of hydrogen-bond acceptors (Lipinski definition) is 3. The minimum absolute atomic E-state index is 0. The molecule has 0 amide bonds. The van der Waals surface area contributed by atoms with Crippen molar-refractivity contribution in [3.8, 4) is 11.5 Å². The third-order valence-corrected chi connectivity index (χ3v) is 5.64. The first-order chi connectivity index (χ1) is 13.5. The third kappa shape index (κ3) is 8.94. The van der Waals surface area contributed by atoms with Crippen LogP contribution >= 0.6 is 51.5 Å². The Labute approximate surface area is 199 Å². The van der Waals surface area contributed by atoms with Gasteiger partial charge in [0.15, 0.2) is 11.5 Å². The van der Waals surface area contributed by atoms with Crippen LogP contribution < -0.4 is 14.8 Å². The van der Waals surface area contributed by atoms with Crippen LogP contribution in [-0.4, -0.2) is 13.7 Å². The SMILES string of the molecule is CCCCCCCNCc1cc(Br)c(OCc2ccc(Cl)cc2Cl)c(OC)c1.Cl. The maximum absolute atomic E-state index is 6.23. The molecular weight excluding hydrogens is 497 g/mol. The van der Waals surface area contributed by atoms with Crippen molar-refractivity contribution in [3.63, 3.8) is 0 Å². The monoisotopic (exact) mass is 523 g/mol. The van der Waals surface area contributed by atoms with Gasteiger partial charge in [0.25, 0.3) is 0 Å². The van der Waals surface area contributed by atoms with Crippen molar-refractivity contribution in [1.29, 1.82) is 0 Å². The lowest BCUT2D eigenvalue weighted by molar-refractivity contribution is 0.282. The first kappa shape index (κ1) is 26.4. The molecular formula is C22H29BrCl3NO2. The molecule has 0 aliphatic heterocycles. The molecule has 162 valence electrons. The van der Waals surface area contributed by atoms with Crippen LogP contribution in [-0.2, 0) is 13.2 Å². The van der Waals surface area contributed by atoms with Crippen LogP contribution in [0.5, 0.6) is 11.5 Å². The summed E-state index contributed by atoms with van der Waals surface area (Å²) in [5.74, 6) is 1.36. The maximum atomic E-state index is 6.23. The van der Waals surface area contributed by atoms with E-state index in [-0.39, 0.29) is 12.4 Å². The van der Waals surface area contributed by atoms with Gasteiger partial charge < -0.3 is 14.8 Å². The predicted molar refractivity (Wildman–Crippen MR) is 129 cm³/mol. The average Bonchev–Trinajstić information content (AvgIpc) is 2.67. The summed E-state index contributed by atoms with van der Waals surface area (Å²) in [7, 11) is 1.65. The van der Waals surface area contributed by atoms with E-state index >= 15 is 0 Å². The number of benzene rings is 2. The molecule has 0 spiro atoms. The highest BCUT2D eigenvalue weighted by molar-refractivity contribution is 9.10. The topological polar surface area (TPSA) is 30.5 Å². The molecule has 0 fully saturated rings. The molecule has 7 heteroatoms. The Kier molecular flexibility index (Phi) is 13.1. The quantitative estimate of drug-likeness (QED) is 0.287. The molecule has 29 heavy (non-hydrogen) atoms. The van der Waals surface area contributed by atoms with E-state index in [2.05, 4.69) is 34.2 Å². The van der Waals surface area contributed by atoms with E-state index < -0.39 is 0 Å². The van der Waals surface area contributed by atoms with Gasteiger partial charge in [0.2, 0.25) is 0 Å². The van der Waals surface area contributed by atoms with Crippen LogP contribution in [0.2, 0.25) is 10.0 Å². The number of nitrogens with one attached hydrogen (secondary N) is 1. The van der Waals surface area contributed by atoms with Crippen molar-refractivity contribution in [1.82, 2.24) is 5.32 Å². The first-order valence-corrected chi connectivity index (χ1v) is 11.2. The summed E-state index contributed by atoms with van der Waals surface area (Å²) in [6.07, 6.45) is 6.42. The number of halogens is 4. The predicted octanol–water partition coefficient (Wildman–Crippen LogP) is 7.83. The van der Waals surface area contributed by atoms with Crippen molar-refractivity contribution < 1.29 is 9.47 Å². The van der Waals surface area contributed by atoms with Crippen LogP contribution in [0.25, 0.3) is 0 Å². The second-order valence-corrected chi connectivity index (χ2v) is 8.42. The second kappa shape index (κ2) is 14.4. The highest BCUT2D eigenvalue weighted by atomic mass is 79.9. The zero-order chi connectivity index (χ0) is 20.4. The van der Waals surface area contributed by atoms with Gasteiger partial charge in [0, 0.05) is 22.2 Å². The van der Waals surface area contributed by atoms with Crippen molar-refractivity contribution in [3.05, 3.63) is 56.0 Å². The van der Waals surface area contributed by atoms with Crippen LogP contribution in [0.1, 0.15) is 50.2 Å². The van der Waals surface area contributed by atoms with E-state index in [9.17, 15) is 0 Å². The van der Waals surface area contributed by atoms with Gasteiger partial charge in [-0.15, -0.1) is 12.4 Å². The fraction of sp³-hybridized carbons (Fsp3) is 0.455. The molecule has 0 bridgehead atoms. The Bertz CT molecular complexity index is 759. The molecule has 0 unspecified atom stereocenters. The summed E-state index contributed by atoms with van der Waals surface area (Å²) < 4.78 is 12.4. The molecule has 0 aliphatic carbocycles. The zero-order valence-electron chi connectivity index (χ0n) is 16.9. The molecule has 0 heterocycles. The summed E-state index contributed by atoms with van der Waals surface area (Å²) in [6.45, 7) is 4.39. The van der Waals surface area contributed by atoms with Gasteiger partial charge in [-0.3, -0.25) is 0 Å². The Morgan fingerprint density at radius 3 is 2.48 bits per heavy atom. The van der Waals surface area contributed by atoms with Gasteiger partial charge in [-0.2, -0.15) is 0 Å². The minimum atomic E-state index is 0. The molecule has 0 aromatic heterocycles. The number of rotatable bonds is 12. The fourth-order valence-corrected chi connectivity index (χ4v) is 3.96. The van der Waals surface area contributed by atoms with E-state index in [0.29, 0.717) is 28.2 Å². The molecule has 2 aromatic carbocycles. The lowest BCUT2D eigenvalue weighted by Gasteiger charge is -2.15. The number of hydrogen-bond donors (Lipinski definition) is 1. The molecule has 3 nitrogen and oxygen atoms in total. The van der Waals surface area contributed by atoms with Crippen molar-refractivity contribution >= 4 is 51.5 Å². The average molecular weight is 526 g/mol. The van der Waals surface area contributed by atoms with E-state index in [1.807, 2.05) is 12.1 Å². The van der Waals surface area contributed by atoms with Gasteiger partial charge in [-0.1, -0.05) is 61.9 Å². The number of methoxy groups -OCH3 is 1. The summed E-state index contributed by atoms with van der Waals surface area (Å²) in [4.78, 5) is 0. The van der Waals surface area contributed by atoms with E-state index in [1.54, 1.807) is 19.2 Å². The first-order valence-electron chi connectivity index (χ1n) is 9.69. The molecule has 0 saturated carbocycles. The van der Waals surface area contributed by atoms with Crippen molar-refractivity contribution in [2.75, 3.05) is 13.7 Å². The number of unbranched alkanes of at least 4 members (excludes halogenated alkanes) is 4. The van der Waals surface area contributed by atoms with Crippen LogP contribution in [0, 0.1) is 0 Å². The molecule has 0 saturated heterocycles. The van der Waals surface area contributed by atoms with Crippen LogP contribution in [0.3, 0.4) is 0 Å². The zero-order valence-corrected chi connectivity index (χ0v) is 20.8. The molecule has 0 aliphatic rings. The van der Waals surface area contributed by atoms with Gasteiger partial charge in [0.05, 0.1) is 11.6 Å². The largest absolute Gasteiger partial charge is 0.493 e. The second-order valence-electron chi connectivity index (χ2n) is 6.72. The van der Waals surface area contributed by atoms with Gasteiger partial charge >= 0.3 is 0 Å². The Morgan fingerprint density at radius 1 is 1.03 bits per heavy atom. The maximum Gasteiger partial charge on any atom is 0.175 e. The molecule has 2 rings (SSSR count). The Morgan fingerprint density at radius 2 is 1.79 bits per heavy atom. The highest BCUT2D eigenvalue weighted by Crippen LogP contribution is 2.37. The summed E-state index contributed by atoms with van der Waals surface area (Å²) in [5, 5.41) is 4.69. The highest BCUT2D eigenvalue weighted by Gasteiger charge is 2.13. The van der Waals surface area contributed by atoms with Crippen LogP contribution in [0.4, 0.5) is 0 Å². The lowest BCUT2D eigenvalue weighted by Crippen LogP contribution is -2.14. The standard InChI is InChI=1S/C22H28BrCl2NO2.ClH/c1-3-4-5-6-7-10-26-14-16-11-19(23)22(21(12-16)27-2)28-15-17-8-9-18(24)13-20(17)25;/h8-9,11-13,26H,3-7,10,14-15H2,1-2H3;1H. The Balaban J connectivity index is 0.00000420. The minimum Gasteiger partial charge on any atom is -0.493 e. The summed E-state index contributed by atoms with van der Waals surface area (Å²) in [5.41, 5.74) is 2.02. The Hall–Kier alpha value is -0.650. The van der Waals surface area contributed by atoms with Gasteiger partial charge in [-0.05, 0) is 58.7 Å². The molecule has 0 atom stereocenters. The van der Waals surface area contributed by atoms with Crippen molar-refractivity contribution in [2.45, 2.75) is 52.2 Å². The summed E-state index contributed by atoms with van der Waals surface area (Å²) >= 11 is 15.8. The normalized spacial score (nSPS) is 10.5. The molecule has 0 radical (unpaired) electrons. The fourth-order valence-electron chi connectivity index (χ4n) is 2.89. The van der Waals surface area contributed by atoms with Crippen LogP contribution in [0.15, 0.2) is 34.8 Å². The number of ether oxygens (including phenoxy) is 2.